The summed E-state index contributed by atoms with van der Waals surface area (Å²) < 4.78 is 5.72. The average Bonchev–Trinajstić information content (AvgIpc) is 2.16. The average molecular weight is 285 g/mol. The zero-order chi connectivity index (χ0) is 12.1. The second-order valence-electron chi connectivity index (χ2n) is 3.65. The third kappa shape index (κ3) is 4.14. The monoisotopic (exact) mass is 284 g/mol. The van der Waals surface area contributed by atoms with Crippen molar-refractivity contribution >= 4 is 27.7 Å². The normalized spacial score (nSPS) is 10.2. The van der Waals surface area contributed by atoms with Crippen molar-refractivity contribution < 1.29 is 14.3 Å². The Morgan fingerprint density at radius 3 is 2.62 bits per heavy atom. The van der Waals surface area contributed by atoms with E-state index in [1.165, 1.54) is 0 Å². The smallest absolute Gasteiger partial charge is 0.313 e. The summed E-state index contributed by atoms with van der Waals surface area (Å²) >= 11 is 3.27. The molecule has 1 aromatic carbocycles. The van der Waals surface area contributed by atoms with Crippen LogP contribution >= 0.6 is 15.9 Å². The highest BCUT2D eigenvalue weighted by Gasteiger charge is 2.14. The summed E-state index contributed by atoms with van der Waals surface area (Å²) in [7, 11) is 0. The molecule has 4 heteroatoms. The van der Waals surface area contributed by atoms with Gasteiger partial charge in [0, 0.05) is 10.0 Å². The molecule has 0 heterocycles. The fourth-order valence-corrected chi connectivity index (χ4v) is 1.60. The number of ketones is 1. The van der Waals surface area contributed by atoms with Crippen LogP contribution in [-0.2, 0) is 9.53 Å². The van der Waals surface area contributed by atoms with Crippen molar-refractivity contribution in [3.8, 4) is 0 Å². The summed E-state index contributed by atoms with van der Waals surface area (Å²) in [6, 6.07) is 6.94. The minimum atomic E-state index is -0.486. The molecule has 0 radical (unpaired) electrons. The van der Waals surface area contributed by atoms with Gasteiger partial charge >= 0.3 is 5.97 Å². The van der Waals surface area contributed by atoms with Crippen molar-refractivity contribution in [3.63, 3.8) is 0 Å². The summed E-state index contributed by atoms with van der Waals surface area (Å²) in [4.78, 5) is 22.9. The van der Waals surface area contributed by atoms with Crippen LogP contribution < -0.4 is 0 Å². The van der Waals surface area contributed by atoms with Crippen LogP contribution in [0.3, 0.4) is 0 Å². The Balaban J connectivity index is 2.62. The summed E-state index contributed by atoms with van der Waals surface area (Å²) in [5.41, 5.74) is 0.509. The molecule has 0 saturated carbocycles. The van der Waals surface area contributed by atoms with E-state index in [0.29, 0.717) is 5.56 Å². The first-order valence-electron chi connectivity index (χ1n) is 4.97. The maximum atomic E-state index is 11.7. The first-order chi connectivity index (χ1) is 7.49. The Bertz CT molecular complexity index is 399. The zero-order valence-corrected chi connectivity index (χ0v) is 10.8. The summed E-state index contributed by atoms with van der Waals surface area (Å²) in [5.74, 6) is -0.716. The van der Waals surface area contributed by atoms with Crippen molar-refractivity contribution in [2.45, 2.75) is 26.4 Å². The first kappa shape index (κ1) is 12.9. The van der Waals surface area contributed by atoms with Gasteiger partial charge in [0.25, 0.3) is 0 Å². The van der Waals surface area contributed by atoms with Gasteiger partial charge in [0.15, 0.2) is 5.78 Å². The molecular formula is C12H13BrO3. The lowest BCUT2D eigenvalue weighted by Gasteiger charge is -2.07. The van der Waals surface area contributed by atoms with Crippen LogP contribution in [0.15, 0.2) is 28.7 Å². The van der Waals surface area contributed by atoms with Crippen molar-refractivity contribution in [1.82, 2.24) is 0 Å². The molecule has 0 N–H and O–H groups in total. The van der Waals surface area contributed by atoms with E-state index in [0.717, 1.165) is 4.47 Å². The predicted molar refractivity (Wildman–Crippen MR) is 64.3 cm³/mol. The minimum Gasteiger partial charge on any atom is -0.463 e. The third-order valence-electron chi connectivity index (χ3n) is 1.82. The molecule has 0 fully saturated rings. The number of benzene rings is 1. The van der Waals surface area contributed by atoms with Gasteiger partial charge < -0.3 is 4.74 Å². The molecule has 0 aliphatic heterocycles. The van der Waals surface area contributed by atoms with Gasteiger partial charge in [0.05, 0.1) is 6.10 Å². The molecule has 0 saturated heterocycles. The quantitative estimate of drug-likeness (QED) is 0.485. The highest BCUT2D eigenvalue weighted by molar-refractivity contribution is 9.10. The largest absolute Gasteiger partial charge is 0.463 e. The highest BCUT2D eigenvalue weighted by Crippen LogP contribution is 2.13. The molecule has 0 bridgehead atoms. The molecule has 0 unspecified atom stereocenters. The van der Waals surface area contributed by atoms with Gasteiger partial charge in [-0.15, -0.1) is 0 Å². The molecule has 3 nitrogen and oxygen atoms in total. The number of carbonyl (C=O) groups excluding carboxylic acids is 2. The topological polar surface area (TPSA) is 43.4 Å². The molecule has 0 aliphatic rings. The summed E-state index contributed by atoms with van der Waals surface area (Å²) in [6.45, 7) is 3.50. The SMILES string of the molecule is CC(C)OC(=O)CC(=O)c1cccc(Br)c1. The third-order valence-corrected chi connectivity index (χ3v) is 2.31. The molecule has 0 aromatic heterocycles. The number of esters is 1. The Morgan fingerprint density at radius 2 is 2.06 bits per heavy atom. The molecule has 0 atom stereocenters. The van der Waals surface area contributed by atoms with E-state index < -0.39 is 5.97 Å². The van der Waals surface area contributed by atoms with Crippen molar-refractivity contribution in [2.24, 2.45) is 0 Å². The van der Waals surface area contributed by atoms with E-state index in [4.69, 9.17) is 4.74 Å². The lowest BCUT2D eigenvalue weighted by atomic mass is 10.1. The number of rotatable bonds is 4. The lowest BCUT2D eigenvalue weighted by molar-refractivity contribution is -0.146. The maximum absolute atomic E-state index is 11.7. The maximum Gasteiger partial charge on any atom is 0.313 e. The Hall–Kier alpha value is -1.16. The standard InChI is InChI=1S/C12H13BrO3/c1-8(2)16-12(15)7-11(14)9-4-3-5-10(13)6-9/h3-6,8H,7H2,1-2H3. The van der Waals surface area contributed by atoms with Crippen LogP contribution in [-0.4, -0.2) is 17.9 Å². The number of hydrogen-bond acceptors (Lipinski definition) is 3. The van der Waals surface area contributed by atoms with Crippen LogP contribution in [0.4, 0.5) is 0 Å². The second-order valence-corrected chi connectivity index (χ2v) is 4.56. The molecule has 0 spiro atoms. The minimum absolute atomic E-state index is 0.192. The Morgan fingerprint density at radius 1 is 1.38 bits per heavy atom. The molecule has 1 aromatic rings. The van der Waals surface area contributed by atoms with Gasteiger partial charge in [-0.25, -0.2) is 0 Å². The number of hydrogen-bond donors (Lipinski definition) is 0. The predicted octanol–water partition coefficient (Wildman–Crippen LogP) is 2.97. The van der Waals surface area contributed by atoms with Gasteiger partial charge in [-0.05, 0) is 26.0 Å². The lowest BCUT2D eigenvalue weighted by Crippen LogP contribution is -2.15. The Kier molecular flexibility index (Phi) is 4.68. The van der Waals surface area contributed by atoms with Crippen molar-refractivity contribution in [3.05, 3.63) is 34.3 Å². The second kappa shape index (κ2) is 5.80. The fourth-order valence-electron chi connectivity index (χ4n) is 1.20. The molecular weight excluding hydrogens is 272 g/mol. The number of Topliss-reactive ketones (excluding diaryl/α,β-unsaturated/α-hetero) is 1. The van der Waals surface area contributed by atoms with E-state index in [2.05, 4.69) is 15.9 Å². The van der Waals surface area contributed by atoms with E-state index in [1.807, 2.05) is 6.07 Å². The summed E-state index contributed by atoms with van der Waals surface area (Å²) in [6.07, 6.45) is -0.406. The first-order valence-corrected chi connectivity index (χ1v) is 5.76. The molecule has 86 valence electrons. The van der Waals surface area contributed by atoms with Gasteiger partial charge in [-0.2, -0.15) is 0 Å². The van der Waals surface area contributed by atoms with E-state index >= 15 is 0 Å². The van der Waals surface area contributed by atoms with Crippen LogP contribution in [0.25, 0.3) is 0 Å². The van der Waals surface area contributed by atoms with Gasteiger partial charge in [0.1, 0.15) is 6.42 Å². The summed E-state index contributed by atoms with van der Waals surface area (Å²) in [5, 5.41) is 0. The van der Waals surface area contributed by atoms with Crippen molar-refractivity contribution in [1.29, 1.82) is 0 Å². The van der Waals surface area contributed by atoms with Crippen LogP contribution in [0.5, 0.6) is 0 Å². The van der Waals surface area contributed by atoms with Crippen LogP contribution in [0.2, 0.25) is 0 Å². The van der Waals surface area contributed by atoms with Crippen LogP contribution in [0.1, 0.15) is 30.6 Å². The number of halogens is 1. The zero-order valence-electron chi connectivity index (χ0n) is 9.20. The van der Waals surface area contributed by atoms with Gasteiger partial charge in [0.2, 0.25) is 0 Å². The molecule has 0 amide bonds. The number of carbonyl (C=O) groups is 2. The highest BCUT2D eigenvalue weighted by atomic mass is 79.9. The van der Waals surface area contributed by atoms with Crippen molar-refractivity contribution in [2.75, 3.05) is 0 Å². The van der Waals surface area contributed by atoms with E-state index in [9.17, 15) is 9.59 Å². The van der Waals surface area contributed by atoms with E-state index in [1.54, 1.807) is 32.0 Å². The number of ether oxygens (including phenoxy) is 1. The fraction of sp³-hybridized carbons (Fsp3) is 0.333. The van der Waals surface area contributed by atoms with Crippen LogP contribution in [0, 0.1) is 0 Å². The van der Waals surface area contributed by atoms with Gasteiger partial charge in [-0.1, -0.05) is 28.1 Å². The Labute approximate surface area is 103 Å². The van der Waals surface area contributed by atoms with E-state index in [-0.39, 0.29) is 18.3 Å². The molecule has 1 rings (SSSR count). The molecule has 0 aliphatic carbocycles. The molecule has 16 heavy (non-hydrogen) atoms. The van der Waals surface area contributed by atoms with Gasteiger partial charge in [-0.3, -0.25) is 9.59 Å².